The van der Waals surface area contributed by atoms with Gasteiger partial charge in [0.2, 0.25) is 5.91 Å². The fourth-order valence-electron chi connectivity index (χ4n) is 0.452. The highest BCUT2D eigenvalue weighted by molar-refractivity contribution is 5.84. The van der Waals surface area contributed by atoms with Crippen molar-refractivity contribution in [1.29, 1.82) is 0 Å². The predicted molar refractivity (Wildman–Crippen MR) is 57.1 cm³/mol. The predicted octanol–water partition coefficient (Wildman–Crippen LogP) is 1.52. The number of carbonyl (C=O) groups is 1. The highest BCUT2D eigenvalue weighted by Crippen LogP contribution is 1.88. The average Bonchev–Trinajstić information content (AvgIpc) is 2.05. The fraction of sp³-hybridized carbons (Fsp3) is 0.500. The van der Waals surface area contributed by atoms with Gasteiger partial charge >= 0.3 is 0 Å². The van der Waals surface area contributed by atoms with Crippen LogP contribution in [0.2, 0.25) is 0 Å². The third kappa shape index (κ3) is 24.9. The van der Waals surface area contributed by atoms with Crippen molar-refractivity contribution in [3.8, 4) is 0 Å². The molecule has 0 saturated heterocycles. The second-order valence-electron chi connectivity index (χ2n) is 2.74. The van der Waals surface area contributed by atoms with Crippen molar-refractivity contribution in [3.63, 3.8) is 0 Å². The Labute approximate surface area is 80.9 Å². The van der Waals surface area contributed by atoms with E-state index in [4.69, 9.17) is 0 Å². The molecule has 13 heavy (non-hydrogen) atoms. The minimum Gasteiger partial charge on any atom is -0.384 e. The molecule has 0 radical (unpaired) electrons. The molecule has 0 heterocycles. The third-order valence-electron chi connectivity index (χ3n) is 1.06. The van der Waals surface area contributed by atoms with Gasteiger partial charge in [-0.3, -0.25) is 4.79 Å². The Bertz CT molecular complexity index is 162. The Balaban J connectivity index is 0. The van der Waals surface area contributed by atoms with E-state index in [2.05, 4.69) is 36.4 Å². The molecule has 0 saturated carbocycles. The van der Waals surface area contributed by atoms with Gasteiger partial charge in [0.25, 0.3) is 0 Å². The van der Waals surface area contributed by atoms with Crippen molar-refractivity contribution in [2.75, 3.05) is 14.1 Å². The molecule has 0 aliphatic heterocycles. The van der Waals surface area contributed by atoms with Crippen LogP contribution >= 0.6 is 0 Å². The summed E-state index contributed by atoms with van der Waals surface area (Å²) in [5, 5.41) is 0. The van der Waals surface area contributed by atoms with E-state index in [9.17, 15) is 4.79 Å². The fourth-order valence-corrected chi connectivity index (χ4v) is 0.452. The minimum atomic E-state index is -0.481. The van der Waals surface area contributed by atoms with Gasteiger partial charge in [-0.05, 0) is 18.7 Å². The first-order valence-corrected chi connectivity index (χ1v) is 4.29. The molecule has 0 spiro atoms. The zero-order valence-electron chi connectivity index (χ0n) is 8.79. The van der Waals surface area contributed by atoms with E-state index < -0.39 is 5.91 Å². The van der Waals surface area contributed by atoms with Gasteiger partial charge < -0.3 is 10.6 Å². The standard InChI is InChI=1S/C7H15N.C3H5NO/c1-4-5-6-7-8(2)3;1-2-3(4)5/h6-7H,4-5H2,1-3H3;2H,1H2,(H2,4,5). The molecule has 0 bridgehead atoms. The summed E-state index contributed by atoms with van der Waals surface area (Å²) in [5.41, 5.74) is 4.53. The Morgan fingerprint density at radius 3 is 2.23 bits per heavy atom. The number of hydrogen-bond donors (Lipinski definition) is 1. The molecule has 0 aromatic rings. The molecule has 0 rings (SSSR count). The maximum Gasteiger partial charge on any atom is 0.240 e. The lowest BCUT2D eigenvalue weighted by molar-refractivity contribution is -0.113. The van der Waals surface area contributed by atoms with E-state index in [1.165, 1.54) is 12.8 Å². The minimum absolute atomic E-state index is 0.481. The lowest BCUT2D eigenvalue weighted by Gasteiger charge is -2.01. The second kappa shape index (κ2) is 10.8. The summed E-state index contributed by atoms with van der Waals surface area (Å²) >= 11 is 0. The topological polar surface area (TPSA) is 46.3 Å². The van der Waals surface area contributed by atoms with Crippen LogP contribution in [0.5, 0.6) is 0 Å². The van der Waals surface area contributed by atoms with Gasteiger partial charge in [-0.1, -0.05) is 26.0 Å². The third-order valence-corrected chi connectivity index (χ3v) is 1.06. The SMILES string of the molecule is C=CC(N)=O.CCCC=CN(C)C. The van der Waals surface area contributed by atoms with Crippen molar-refractivity contribution < 1.29 is 4.79 Å². The largest absolute Gasteiger partial charge is 0.384 e. The summed E-state index contributed by atoms with van der Waals surface area (Å²) in [6, 6.07) is 0. The number of allylic oxidation sites excluding steroid dienone is 1. The Morgan fingerprint density at radius 1 is 1.54 bits per heavy atom. The molecular formula is C10H20N2O. The summed E-state index contributed by atoms with van der Waals surface area (Å²) in [6.45, 7) is 5.27. The van der Waals surface area contributed by atoms with E-state index in [0.717, 1.165) is 6.08 Å². The number of rotatable bonds is 4. The molecule has 0 aliphatic carbocycles. The molecular weight excluding hydrogens is 164 g/mol. The monoisotopic (exact) mass is 184 g/mol. The average molecular weight is 184 g/mol. The van der Waals surface area contributed by atoms with Gasteiger partial charge in [-0.25, -0.2) is 0 Å². The zero-order valence-corrected chi connectivity index (χ0v) is 8.79. The molecule has 1 amide bonds. The quantitative estimate of drug-likeness (QED) is 0.673. The summed E-state index contributed by atoms with van der Waals surface area (Å²) in [5.74, 6) is -0.481. The van der Waals surface area contributed by atoms with Gasteiger partial charge in [0, 0.05) is 14.1 Å². The van der Waals surface area contributed by atoms with E-state index in [-0.39, 0.29) is 0 Å². The van der Waals surface area contributed by atoms with Crippen LogP contribution in [0.1, 0.15) is 19.8 Å². The van der Waals surface area contributed by atoms with Crippen molar-refractivity contribution in [1.82, 2.24) is 4.90 Å². The lowest BCUT2D eigenvalue weighted by Crippen LogP contribution is -2.04. The van der Waals surface area contributed by atoms with Crippen molar-refractivity contribution in [3.05, 3.63) is 24.9 Å². The zero-order chi connectivity index (χ0) is 10.7. The van der Waals surface area contributed by atoms with Gasteiger partial charge in [-0.2, -0.15) is 0 Å². The number of nitrogens with two attached hydrogens (primary N) is 1. The second-order valence-corrected chi connectivity index (χ2v) is 2.74. The maximum absolute atomic E-state index is 9.47. The number of hydrogen-bond acceptors (Lipinski definition) is 2. The van der Waals surface area contributed by atoms with Crippen LogP contribution in [0.15, 0.2) is 24.9 Å². The molecule has 3 nitrogen and oxygen atoms in total. The highest BCUT2D eigenvalue weighted by Gasteiger charge is 1.73. The maximum atomic E-state index is 9.47. The molecule has 0 aromatic carbocycles. The van der Waals surface area contributed by atoms with Crippen LogP contribution in [0, 0.1) is 0 Å². The van der Waals surface area contributed by atoms with Crippen molar-refractivity contribution in [2.24, 2.45) is 5.73 Å². The van der Waals surface area contributed by atoms with E-state index >= 15 is 0 Å². The molecule has 0 unspecified atom stereocenters. The van der Waals surface area contributed by atoms with E-state index in [1.54, 1.807) is 0 Å². The molecule has 3 heteroatoms. The van der Waals surface area contributed by atoms with Crippen LogP contribution < -0.4 is 5.73 Å². The van der Waals surface area contributed by atoms with Gasteiger partial charge in [0.15, 0.2) is 0 Å². The summed E-state index contributed by atoms with van der Waals surface area (Å²) < 4.78 is 0. The first kappa shape index (κ1) is 14.3. The normalized spacial score (nSPS) is 8.85. The van der Waals surface area contributed by atoms with Crippen LogP contribution in [-0.2, 0) is 4.79 Å². The van der Waals surface area contributed by atoms with Crippen LogP contribution in [-0.4, -0.2) is 24.9 Å². The molecule has 0 fully saturated rings. The number of carbonyl (C=O) groups excluding carboxylic acids is 1. The molecule has 2 N–H and O–H groups in total. The summed E-state index contributed by atoms with van der Waals surface area (Å²) in [4.78, 5) is 11.5. The molecule has 76 valence electrons. The van der Waals surface area contributed by atoms with E-state index in [0.29, 0.717) is 0 Å². The summed E-state index contributed by atoms with van der Waals surface area (Å²) in [6.07, 6.45) is 7.76. The first-order valence-electron chi connectivity index (χ1n) is 4.29. The van der Waals surface area contributed by atoms with Gasteiger partial charge in [0.1, 0.15) is 0 Å². The van der Waals surface area contributed by atoms with Crippen molar-refractivity contribution in [2.45, 2.75) is 19.8 Å². The van der Waals surface area contributed by atoms with Crippen LogP contribution in [0.25, 0.3) is 0 Å². The molecule has 0 atom stereocenters. The van der Waals surface area contributed by atoms with Gasteiger partial charge in [-0.15, -0.1) is 0 Å². The van der Waals surface area contributed by atoms with Crippen LogP contribution in [0.4, 0.5) is 0 Å². The number of nitrogens with zero attached hydrogens (tertiary/aromatic N) is 1. The smallest absolute Gasteiger partial charge is 0.240 e. The Kier molecular flexibility index (Phi) is 11.8. The Morgan fingerprint density at radius 2 is 2.00 bits per heavy atom. The van der Waals surface area contributed by atoms with Crippen molar-refractivity contribution >= 4 is 5.91 Å². The van der Waals surface area contributed by atoms with Gasteiger partial charge in [0.05, 0.1) is 0 Å². The molecule has 0 aliphatic rings. The Hall–Kier alpha value is -1.25. The van der Waals surface area contributed by atoms with E-state index in [1.807, 2.05) is 14.1 Å². The molecule has 0 aromatic heterocycles. The lowest BCUT2D eigenvalue weighted by atomic mass is 10.3. The first-order chi connectivity index (χ1) is 6.04. The number of unbranched alkanes of at least 4 members (excludes halogenated alkanes) is 1. The highest BCUT2D eigenvalue weighted by atomic mass is 16.1. The number of amides is 1. The number of primary amides is 1. The summed E-state index contributed by atoms with van der Waals surface area (Å²) in [7, 11) is 4.07. The van der Waals surface area contributed by atoms with Crippen LogP contribution in [0.3, 0.4) is 0 Å².